The Morgan fingerprint density at radius 1 is 0.800 bits per heavy atom. The fourth-order valence-corrected chi connectivity index (χ4v) is 7.23. The molecular formula is C41H40Cl4N2O3. The second-order valence-corrected chi connectivity index (χ2v) is 14.4. The van der Waals surface area contributed by atoms with Gasteiger partial charge in [0, 0.05) is 19.1 Å². The highest BCUT2D eigenvalue weighted by molar-refractivity contribution is 6.42. The molecule has 1 saturated carbocycles. The van der Waals surface area contributed by atoms with E-state index in [1.807, 2.05) is 60.4 Å². The Morgan fingerprint density at radius 2 is 1.50 bits per heavy atom. The number of nitrogens with one attached hydrogen (secondary N) is 1. The van der Waals surface area contributed by atoms with Crippen LogP contribution >= 0.6 is 46.4 Å². The van der Waals surface area contributed by atoms with Crippen molar-refractivity contribution in [1.29, 1.82) is 0 Å². The predicted molar refractivity (Wildman–Crippen MR) is 206 cm³/mol. The Balaban J connectivity index is 1.09. The Morgan fingerprint density at radius 3 is 2.24 bits per heavy atom. The molecule has 1 amide bonds. The first-order valence-corrected chi connectivity index (χ1v) is 18.5. The summed E-state index contributed by atoms with van der Waals surface area (Å²) in [7, 11) is 0. The molecule has 1 atom stereocenters. The van der Waals surface area contributed by atoms with E-state index in [-0.39, 0.29) is 17.9 Å². The molecule has 5 aromatic carbocycles. The van der Waals surface area contributed by atoms with E-state index in [9.17, 15) is 4.79 Å². The minimum Gasteiger partial charge on any atom is -0.490 e. The molecule has 0 aromatic heterocycles. The fraction of sp³-hybridized carbons (Fsp3) is 0.293. The molecule has 0 bridgehead atoms. The van der Waals surface area contributed by atoms with Gasteiger partial charge in [0.05, 0.1) is 26.0 Å². The van der Waals surface area contributed by atoms with Gasteiger partial charge in [0.25, 0.3) is 0 Å². The van der Waals surface area contributed by atoms with Crippen molar-refractivity contribution in [3.63, 3.8) is 0 Å². The maximum absolute atomic E-state index is 14.3. The lowest BCUT2D eigenvalue weighted by molar-refractivity contribution is -0.136. The largest absolute Gasteiger partial charge is 0.490 e. The number of amides is 1. The third-order valence-corrected chi connectivity index (χ3v) is 10.4. The van der Waals surface area contributed by atoms with Gasteiger partial charge in [0.2, 0.25) is 5.91 Å². The number of fused-ring (bicyclic) bond motifs is 1. The average Bonchev–Trinajstić information content (AvgIpc) is 3.95. The molecule has 0 aliphatic heterocycles. The van der Waals surface area contributed by atoms with Gasteiger partial charge in [-0.3, -0.25) is 4.79 Å². The minimum absolute atomic E-state index is 0.118. The number of hydrogen-bond acceptors (Lipinski definition) is 4. The maximum atomic E-state index is 14.3. The van der Waals surface area contributed by atoms with Gasteiger partial charge in [-0.1, -0.05) is 113 Å². The summed E-state index contributed by atoms with van der Waals surface area (Å²) in [5, 5.41) is 8.02. The summed E-state index contributed by atoms with van der Waals surface area (Å²) < 4.78 is 11.7. The van der Waals surface area contributed by atoms with Gasteiger partial charge in [-0.05, 0) is 103 Å². The SMILES string of the molecule is Cc1cc(Cl)c(OCCOc2ccc(CC(CNCCc3ccc4ccccc4c3)C(=O)N(Cc3cccc(Cl)c3Cl)C3CC3)cc2)c(Cl)c1. The van der Waals surface area contributed by atoms with Crippen molar-refractivity contribution in [2.45, 2.75) is 45.2 Å². The highest BCUT2D eigenvalue weighted by Crippen LogP contribution is 2.35. The lowest BCUT2D eigenvalue weighted by Gasteiger charge is -2.28. The average molecular weight is 751 g/mol. The number of hydrogen-bond donors (Lipinski definition) is 1. The van der Waals surface area contributed by atoms with Gasteiger partial charge in [-0.2, -0.15) is 0 Å². The van der Waals surface area contributed by atoms with Gasteiger partial charge >= 0.3 is 0 Å². The monoisotopic (exact) mass is 748 g/mol. The van der Waals surface area contributed by atoms with E-state index in [1.54, 1.807) is 6.07 Å². The molecule has 260 valence electrons. The Kier molecular flexibility index (Phi) is 12.5. The van der Waals surface area contributed by atoms with Gasteiger partial charge in [-0.15, -0.1) is 0 Å². The van der Waals surface area contributed by atoms with Crippen LogP contribution in [0.1, 0.15) is 35.1 Å². The van der Waals surface area contributed by atoms with Crippen molar-refractivity contribution in [3.8, 4) is 11.5 Å². The number of carbonyl (C=O) groups excluding carboxylic acids is 1. The number of halogens is 4. The maximum Gasteiger partial charge on any atom is 0.227 e. The van der Waals surface area contributed by atoms with E-state index in [0.717, 1.165) is 42.5 Å². The van der Waals surface area contributed by atoms with Gasteiger partial charge < -0.3 is 19.7 Å². The molecule has 1 unspecified atom stereocenters. The Labute approximate surface area is 314 Å². The number of ether oxygens (including phenoxy) is 2. The molecule has 5 aromatic rings. The van der Waals surface area contributed by atoms with Crippen LogP contribution in [0.3, 0.4) is 0 Å². The summed E-state index contributed by atoms with van der Waals surface area (Å²) in [6.45, 7) is 4.29. The van der Waals surface area contributed by atoms with Gasteiger partial charge in [0.15, 0.2) is 5.75 Å². The second-order valence-electron chi connectivity index (χ2n) is 12.8. The second kappa shape index (κ2) is 17.2. The van der Waals surface area contributed by atoms with Crippen LogP contribution in [0.4, 0.5) is 0 Å². The van der Waals surface area contributed by atoms with Gasteiger partial charge in [-0.25, -0.2) is 0 Å². The molecule has 1 N–H and O–H groups in total. The van der Waals surface area contributed by atoms with Crippen LogP contribution in [0.15, 0.2) is 97.1 Å². The molecule has 50 heavy (non-hydrogen) atoms. The van der Waals surface area contributed by atoms with Crippen molar-refractivity contribution in [2.24, 2.45) is 5.92 Å². The van der Waals surface area contributed by atoms with E-state index >= 15 is 0 Å². The van der Waals surface area contributed by atoms with Crippen LogP contribution < -0.4 is 14.8 Å². The van der Waals surface area contributed by atoms with Crippen molar-refractivity contribution in [1.82, 2.24) is 10.2 Å². The zero-order chi connectivity index (χ0) is 35.0. The summed E-state index contributed by atoms with van der Waals surface area (Å²) >= 11 is 25.5. The molecule has 0 heterocycles. The smallest absolute Gasteiger partial charge is 0.227 e. The first-order valence-electron chi connectivity index (χ1n) is 17.0. The summed E-state index contributed by atoms with van der Waals surface area (Å²) in [5.41, 5.74) is 4.15. The summed E-state index contributed by atoms with van der Waals surface area (Å²) in [5.74, 6) is 1.02. The van der Waals surface area contributed by atoms with Crippen LogP contribution in [0.25, 0.3) is 10.8 Å². The highest BCUT2D eigenvalue weighted by atomic mass is 35.5. The van der Waals surface area contributed by atoms with E-state index in [0.29, 0.717) is 64.3 Å². The molecule has 6 rings (SSSR count). The predicted octanol–water partition coefficient (Wildman–Crippen LogP) is 10.4. The van der Waals surface area contributed by atoms with Crippen molar-refractivity contribution in [3.05, 3.63) is 139 Å². The molecular weight excluding hydrogens is 710 g/mol. The molecule has 5 nitrogen and oxygen atoms in total. The summed E-state index contributed by atoms with van der Waals surface area (Å²) in [4.78, 5) is 16.3. The quantitative estimate of drug-likeness (QED) is 0.102. The van der Waals surface area contributed by atoms with E-state index in [4.69, 9.17) is 55.9 Å². The van der Waals surface area contributed by atoms with Crippen molar-refractivity contribution >= 4 is 63.1 Å². The summed E-state index contributed by atoms with van der Waals surface area (Å²) in [6, 6.07) is 32.3. The molecule has 1 fully saturated rings. The normalized spacial score (nSPS) is 13.3. The number of aryl methyl sites for hydroxylation is 1. The van der Waals surface area contributed by atoms with Crippen LogP contribution in [-0.2, 0) is 24.2 Å². The summed E-state index contributed by atoms with van der Waals surface area (Å²) in [6.07, 6.45) is 3.44. The van der Waals surface area contributed by atoms with E-state index in [2.05, 4.69) is 47.8 Å². The van der Waals surface area contributed by atoms with Gasteiger partial charge in [0.1, 0.15) is 19.0 Å². The number of carbonyl (C=O) groups is 1. The fourth-order valence-electron chi connectivity index (χ4n) is 6.15. The third kappa shape index (κ3) is 9.65. The molecule has 1 aliphatic carbocycles. The number of rotatable bonds is 16. The van der Waals surface area contributed by atoms with Crippen LogP contribution in [-0.4, -0.2) is 43.2 Å². The molecule has 1 aliphatic rings. The van der Waals surface area contributed by atoms with Crippen molar-refractivity contribution < 1.29 is 14.3 Å². The third-order valence-electron chi connectivity index (χ3n) is 8.93. The highest BCUT2D eigenvalue weighted by Gasteiger charge is 2.36. The lowest BCUT2D eigenvalue weighted by atomic mass is 9.96. The standard InChI is InChI=1S/C41H40Cl4N2O3/c1-27-21-37(43)40(38(44)22-27)50-20-19-49-35-15-10-28(11-16-35)24-33(25-46-18-17-29-9-12-30-5-2-3-6-31(30)23-29)41(48)47(34-13-14-34)26-32-7-4-8-36(42)39(32)45/h2-12,15-16,21-23,33-34,46H,13-14,17-20,24-26H2,1H3. The molecule has 0 saturated heterocycles. The van der Waals surface area contributed by atoms with E-state index in [1.165, 1.54) is 16.3 Å². The first-order chi connectivity index (χ1) is 24.2. The zero-order valence-electron chi connectivity index (χ0n) is 27.9. The molecule has 0 spiro atoms. The Bertz CT molecular complexity index is 1910. The molecule has 9 heteroatoms. The minimum atomic E-state index is -0.269. The Hall–Kier alpha value is -3.45. The van der Waals surface area contributed by atoms with Crippen LogP contribution in [0, 0.1) is 12.8 Å². The van der Waals surface area contributed by atoms with E-state index < -0.39 is 0 Å². The number of nitrogens with zero attached hydrogens (tertiary/aromatic N) is 1. The van der Waals surface area contributed by atoms with Crippen molar-refractivity contribution in [2.75, 3.05) is 26.3 Å². The van der Waals surface area contributed by atoms with Crippen LogP contribution in [0.5, 0.6) is 11.5 Å². The molecule has 0 radical (unpaired) electrons. The topological polar surface area (TPSA) is 50.8 Å². The first kappa shape index (κ1) is 36.3. The lowest BCUT2D eigenvalue weighted by Crippen LogP contribution is -2.42. The number of benzene rings is 5. The zero-order valence-corrected chi connectivity index (χ0v) is 31.0. The van der Waals surface area contributed by atoms with Crippen LogP contribution in [0.2, 0.25) is 20.1 Å².